The van der Waals surface area contributed by atoms with Crippen LogP contribution < -0.4 is 17.2 Å². The standard InChI is InChI=1S/C11H14N6O2S/c1-2-3-17-10(19)15-16-11(17)20-9-7(8(13)18)4-6(12)5-14-9/h4-5H,2-3,12H2,1H3,(H2,13,18)(H,15,19). The molecule has 0 aliphatic rings. The molecule has 0 unspecified atom stereocenters. The summed E-state index contributed by atoms with van der Waals surface area (Å²) in [6.07, 6.45) is 2.20. The molecular formula is C11H14N6O2S. The summed E-state index contributed by atoms with van der Waals surface area (Å²) >= 11 is 1.09. The number of carbonyl (C=O) groups excluding carboxylic acids is 1. The number of nitrogens with one attached hydrogen (secondary N) is 1. The Morgan fingerprint density at radius 3 is 2.95 bits per heavy atom. The maximum absolute atomic E-state index is 11.6. The van der Waals surface area contributed by atoms with E-state index in [1.807, 2.05) is 6.92 Å². The van der Waals surface area contributed by atoms with Crippen molar-refractivity contribution in [3.05, 3.63) is 28.3 Å². The molecule has 106 valence electrons. The number of carbonyl (C=O) groups is 1. The van der Waals surface area contributed by atoms with Crippen LogP contribution in [-0.4, -0.2) is 25.7 Å². The normalized spacial score (nSPS) is 10.7. The zero-order chi connectivity index (χ0) is 14.7. The Balaban J connectivity index is 2.40. The van der Waals surface area contributed by atoms with Crippen molar-refractivity contribution in [1.82, 2.24) is 19.7 Å². The maximum Gasteiger partial charge on any atom is 0.343 e. The second-order valence-corrected chi connectivity index (χ2v) is 5.01. The van der Waals surface area contributed by atoms with Gasteiger partial charge in [0.1, 0.15) is 5.03 Å². The second kappa shape index (κ2) is 5.78. The molecule has 1 amide bonds. The molecule has 0 atom stereocenters. The Bertz CT molecular complexity index is 692. The Labute approximate surface area is 118 Å². The number of nitrogens with two attached hydrogens (primary N) is 2. The number of anilines is 1. The van der Waals surface area contributed by atoms with Crippen molar-refractivity contribution < 1.29 is 4.79 Å². The van der Waals surface area contributed by atoms with Gasteiger partial charge in [-0.05, 0) is 24.2 Å². The van der Waals surface area contributed by atoms with E-state index in [1.165, 1.54) is 16.8 Å². The van der Waals surface area contributed by atoms with Crippen LogP contribution in [0.15, 0.2) is 27.2 Å². The van der Waals surface area contributed by atoms with Crippen LogP contribution in [0.5, 0.6) is 0 Å². The van der Waals surface area contributed by atoms with E-state index in [2.05, 4.69) is 15.2 Å². The van der Waals surface area contributed by atoms with Crippen molar-refractivity contribution in [2.75, 3.05) is 5.73 Å². The Morgan fingerprint density at radius 2 is 2.30 bits per heavy atom. The molecule has 2 aromatic heterocycles. The minimum Gasteiger partial charge on any atom is -0.397 e. The first-order chi connectivity index (χ1) is 9.52. The summed E-state index contributed by atoms with van der Waals surface area (Å²) in [5, 5.41) is 7.08. The van der Waals surface area contributed by atoms with Crippen LogP contribution in [-0.2, 0) is 6.54 Å². The number of aromatic nitrogens is 4. The molecule has 0 aliphatic heterocycles. The molecule has 5 N–H and O–H groups in total. The SMILES string of the molecule is CCCn1c(Sc2ncc(N)cc2C(N)=O)n[nH]c1=O. The highest BCUT2D eigenvalue weighted by Crippen LogP contribution is 2.27. The van der Waals surface area contributed by atoms with Crippen LogP contribution in [0.3, 0.4) is 0 Å². The van der Waals surface area contributed by atoms with Crippen molar-refractivity contribution >= 4 is 23.4 Å². The number of aromatic amines is 1. The fourth-order valence-corrected chi connectivity index (χ4v) is 2.54. The summed E-state index contributed by atoms with van der Waals surface area (Å²) in [6, 6.07) is 1.45. The first-order valence-electron chi connectivity index (χ1n) is 5.91. The molecule has 20 heavy (non-hydrogen) atoms. The first kappa shape index (κ1) is 14.1. The largest absolute Gasteiger partial charge is 0.397 e. The summed E-state index contributed by atoms with van der Waals surface area (Å²) in [7, 11) is 0. The maximum atomic E-state index is 11.6. The fraction of sp³-hybridized carbons (Fsp3) is 0.273. The van der Waals surface area contributed by atoms with Gasteiger partial charge < -0.3 is 11.5 Å². The lowest BCUT2D eigenvalue weighted by Crippen LogP contribution is -2.17. The number of primary amides is 1. The molecule has 2 rings (SSSR count). The van der Waals surface area contributed by atoms with Gasteiger partial charge in [-0.3, -0.25) is 9.36 Å². The van der Waals surface area contributed by atoms with Gasteiger partial charge in [0.2, 0.25) is 0 Å². The lowest BCUT2D eigenvalue weighted by Gasteiger charge is -2.06. The average molecular weight is 294 g/mol. The molecule has 0 spiro atoms. The minimum atomic E-state index is -0.632. The van der Waals surface area contributed by atoms with Gasteiger partial charge in [-0.2, -0.15) is 0 Å². The summed E-state index contributed by atoms with van der Waals surface area (Å²) in [6.45, 7) is 2.47. The summed E-state index contributed by atoms with van der Waals surface area (Å²) < 4.78 is 1.48. The van der Waals surface area contributed by atoms with Gasteiger partial charge >= 0.3 is 5.69 Å². The van der Waals surface area contributed by atoms with Crippen molar-refractivity contribution in [3.8, 4) is 0 Å². The van der Waals surface area contributed by atoms with Gasteiger partial charge in [0.15, 0.2) is 5.16 Å². The molecule has 0 aliphatic carbocycles. The molecule has 0 radical (unpaired) electrons. The summed E-state index contributed by atoms with van der Waals surface area (Å²) in [4.78, 5) is 27.1. The number of rotatable bonds is 5. The highest BCUT2D eigenvalue weighted by molar-refractivity contribution is 7.99. The highest BCUT2D eigenvalue weighted by Gasteiger charge is 2.16. The number of H-pyrrole nitrogens is 1. The molecule has 0 fully saturated rings. The molecule has 0 bridgehead atoms. The zero-order valence-corrected chi connectivity index (χ0v) is 11.6. The van der Waals surface area contributed by atoms with Crippen LogP contribution in [0.4, 0.5) is 5.69 Å². The van der Waals surface area contributed by atoms with E-state index >= 15 is 0 Å². The number of hydrogen-bond donors (Lipinski definition) is 3. The van der Waals surface area contributed by atoms with Crippen LogP contribution in [0, 0.1) is 0 Å². The second-order valence-electron chi connectivity index (χ2n) is 4.05. The lowest BCUT2D eigenvalue weighted by molar-refractivity contribution is 0.0997. The van der Waals surface area contributed by atoms with E-state index in [-0.39, 0.29) is 11.3 Å². The van der Waals surface area contributed by atoms with Crippen molar-refractivity contribution in [1.29, 1.82) is 0 Å². The van der Waals surface area contributed by atoms with Crippen LogP contribution >= 0.6 is 11.8 Å². The first-order valence-corrected chi connectivity index (χ1v) is 6.73. The van der Waals surface area contributed by atoms with Crippen molar-refractivity contribution in [2.45, 2.75) is 30.1 Å². The number of pyridine rings is 1. The van der Waals surface area contributed by atoms with E-state index in [0.29, 0.717) is 22.4 Å². The lowest BCUT2D eigenvalue weighted by atomic mass is 10.2. The minimum absolute atomic E-state index is 0.202. The zero-order valence-electron chi connectivity index (χ0n) is 10.8. The molecule has 0 aromatic carbocycles. The quantitative estimate of drug-likeness (QED) is 0.722. The van der Waals surface area contributed by atoms with Crippen LogP contribution in [0.25, 0.3) is 0 Å². The predicted molar refractivity (Wildman–Crippen MR) is 74.4 cm³/mol. The molecular weight excluding hydrogens is 280 g/mol. The highest BCUT2D eigenvalue weighted by atomic mass is 32.2. The van der Waals surface area contributed by atoms with Gasteiger partial charge in [0.25, 0.3) is 5.91 Å². The Morgan fingerprint density at radius 1 is 1.55 bits per heavy atom. The van der Waals surface area contributed by atoms with Crippen molar-refractivity contribution in [3.63, 3.8) is 0 Å². The third kappa shape index (κ3) is 2.82. The number of nitrogen functional groups attached to an aromatic ring is 1. The van der Waals surface area contributed by atoms with Gasteiger partial charge in [-0.1, -0.05) is 6.92 Å². The van der Waals surface area contributed by atoms with Crippen LogP contribution in [0.1, 0.15) is 23.7 Å². The summed E-state index contributed by atoms with van der Waals surface area (Å²) in [5.41, 5.74) is 11.1. The van der Waals surface area contributed by atoms with Gasteiger partial charge in [0, 0.05) is 6.54 Å². The molecule has 2 heterocycles. The average Bonchev–Trinajstić information content (AvgIpc) is 2.74. The monoisotopic (exact) mass is 294 g/mol. The third-order valence-corrected chi connectivity index (χ3v) is 3.51. The number of amides is 1. The molecule has 2 aromatic rings. The Hall–Kier alpha value is -2.29. The van der Waals surface area contributed by atoms with E-state index in [9.17, 15) is 9.59 Å². The van der Waals surface area contributed by atoms with E-state index in [0.717, 1.165) is 18.2 Å². The number of hydrogen-bond acceptors (Lipinski definition) is 6. The molecule has 9 heteroatoms. The van der Waals surface area contributed by atoms with E-state index in [4.69, 9.17) is 11.5 Å². The van der Waals surface area contributed by atoms with Crippen LogP contribution in [0.2, 0.25) is 0 Å². The smallest absolute Gasteiger partial charge is 0.343 e. The van der Waals surface area contributed by atoms with Gasteiger partial charge in [-0.25, -0.2) is 14.9 Å². The predicted octanol–water partition coefficient (Wildman–Crippen LogP) is 0.209. The van der Waals surface area contributed by atoms with Gasteiger partial charge in [-0.15, -0.1) is 5.10 Å². The summed E-state index contributed by atoms with van der Waals surface area (Å²) in [5.74, 6) is -0.632. The van der Waals surface area contributed by atoms with Gasteiger partial charge in [0.05, 0.1) is 17.4 Å². The molecule has 8 nitrogen and oxygen atoms in total. The Kier molecular flexibility index (Phi) is 4.08. The number of nitrogens with zero attached hydrogens (tertiary/aromatic N) is 3. The van der Waals surface area contributed by atoms with E-state index in [1.54, 1.807) is 0 Å². The fourth-order valence-electron chi connectivity index (χ4n) is 1.61. The topological polar surface area (TPSA) is 133 Å². The molecule has 0 saturated carbocycles. The third-order valence-electron chi connectivity index (χ3n) is 2.50. The van der Waals surface area contributed by atoms with E-state index < -0.39 is 5.91 Å². The molecule has 0 saturated heterocycles. The van der Waals surface area contributed by atoms with Crippen molar-refractivity contribution in [2.24, 2.45) is 5.73 Å².